The zero-order valence-electron chi connectivity index (χ0n) is 17.8. The van der Waals surface area contributed by atoms with Crippen molar-refractivity contribution in [1.29, 1.82) is 0 Å². The SMILES string of the molecule is COc1ccc(C(=O)N/C(=C\c2ccco2)C(=O)NCCOc2ccccc2OC)cc1. The topological polar surface area (TPSA) is 99.0 Å². The zero-order chi connectivity index (χ0) is 22.8. The molecule has 3 rings (SSSR count). The molecule has 0 aliphatic rings. The van der Waals surface area contributed by atoms with E-state index >= 15 is 0 Å². The molecule has 0 aliphatic heterocycles. The van der Waals surface area contributed by atoms with Gasteiger partial charge in [-0.15, -0.1) is 0 Å². The minimum absolute atomic E-state index is 0.0399. The Morgan fingerprint density at radius 1 is 0.938 bits per heavy atom. The van der Waals surface area contributed by atoms with Gasteiger partial charge in [-0.3, -0.25) is 9.59 Å². The molecule has 0 spiro atoms. The van der Waals surface area contributed by atoms with E-state index in [4.69, 9.17) is 18.6 Å². The van der Waals surface area contributed by atoms with Crippen LogP contribution >= 0.6 is 0 Å². The highest BCUT2D eigenvalue weighted by atomic mass is 16.5. The molecule has 0 saturated carbocycles. The number of hydrogen-bond donors (Lipinski definition) is 2. The number of nitrogens with one attached hydrogen (secondary N) is 2. The molecule has 3 aromatic rings. The number of hydrogen-bond acceptors (Lipinski definition) is 6. The number of rotatable bonds is 10. The molecule has 1 aromatic heterocycles. The van der Waals surface area contributed by atoms with E-state index in [1.807, 2.05) is 12.1 Å². The third-order valence-corrected chi connectivity index (χ3v) is 4.39. The molecule has 0 fully saturated rings. The van der Waals surface area contributed by atoms with Gasteiger partial charge in [-0.1, -0.05) is 12.1 Å². The van der Waals surface area contributed by atoms with Crippen molar-refractivity contribution < 1.29 is 28.2 Å². The van der Waals surface area contributed by atoms with Crippen molar-refractivity contribution in [2.45, 2.75) is 0 Å². The molecule has 0 bridgehead atoms. The van der Waals surface area contributed by atoms with Crippen LogP contribution in [0.3, 0.4) is 0 Å². The zero-order valence-corrected chi connectivity index (χ0v) is 17.8. The molecule has 0 atom stereocenters. The van der Waals surface area contributed by atoms with Crippen LogP contribution in [-0.2, 0) is 4.79 Å². The van der Waals surface area contributed by atoms with Crippen molar-refractivity contribution in [3.05, 3.63) is 83.9 Å². The second kappa shape index (κ2) is 11.3. The molecule has 0 unspecified atom stereocenters. The summed E-state index contributed by atoms with van der Waals surface area (Å²) in [7, 11) is 3.10. The van der Waals surface area contributed by atoms with Crippen molar-refractivity contribution in [2.24, 2.45) is 0 Å². The van der Waals surface area contributed by atoms with Crippen LogP contribution < -0.4 is 24.8 Å². The van der Waals surface area contributed by atoms with Crippen LogP contribution in [0.15, 0.2) is 77.0 Å². The summed E-state index contributed by atoms with van der Waals surface area (Å²) in [6, 6.07) is 17.1. The van der Waals surface area contributed by atoms with Crippen molar-refractivity contribution >= 4 is 17.9 Å². The summed E-state index contributed by atoms with van der Waals surface area (Å²) < 4.78 is 21.3. The molecule has 32 heavy (non-hydrogen) atoms. The van der Waals surface area contributed by atoms with Crippen LogP contribution in [0, 0.1) is 0 Å². The fourth-order valence-electron chi connectivity index (χ4n) is 2.77. The fourth-order valence-corrected chi connectivity index (χ4v) is 2.77. The monoisotopic (exact) mass is 436 g/mol. The first kappa shape index (κ1) is 22.5. The minimum atomic E-state index is -0.480. The molecule has 2 aromatic carbocycles. The van der Waals surface area contributed by atoms with Gasteiger partial charge in [0.05, 0.1) is 27.0 Å². The minimum Gasteiger partial charge on any atom is -0.497 e. The quantitative estimate of drug-likeness (QED) is 0.374. The van der Waals surface area contributed by atoms with Gasteiger partial charge in [-0.2, -0.15) is 0 Å². The Morgan fingerprint density at radius 3 is 2.34 bits per heavy atom. The number of furan rings is 1. The summed E-state index contributed by atoms with van der Waals surface area (Å²) in [5.74, 6) is 1.31. The molecule has 2 amide bonds. The maximum Gasteiger partial charge on any atom is 0.268 e. The predicted molar refractivity (Wildman–Crippen MR) is 119 cm³/mol. The van der Waals surface area contributed by atoms with Crippen LogP contribution in [0.5, 0.6) is 17.2 Å². The summed E-state index contributed by atoms with van der Waals surface area (Å²) in [4.78, 5) is 25.4. The van der Waals surface area contributed by atoms with Crippen LogP contribution in [0.25, 0.3) is 6.08 Å². The molecule has 8 nitrogen and oxygen atoms in total. The standard InChI is InChI=1S/C24H24N2O6/c1-29-18-11-9-17(10-12-18)23(27)26-20(16-19-6-5-14-31-19)24(28)25-13-15-32-22-8-4-3-7-21(22)30-2/h3-12,14,16H,13,15H2,1-2H3,(H,25,28)(H,26,27)/b20-16-. The number of carbonyl (C=O) groups is 2. The van der Waals surface area contributed by atoms with E-state index in [0.29, 0.717) is 28.6 Å². The van der Waals surface area contributed by atoms with E-state index < -0.39 is 11.8 Å². The van der Waals surface area contributed by atoms with E-state index in [0.717, 1.165) is 0 Å². The Labute approximate surface area is 185 Å². The van der Waals surface area contributed by atoms with Crippen molar-refractivity contribution in [1.82, 2.24) is 10.6 Å². The Hall–Kier alpha value is -4.20. The molecule has 0 aliphatic carbocycles. The average molecular weight is 436 g/mol. The number of ether oxygens (including phenoxy) is 3. The van der Waals surface area contributed by atoms with Crippen molar-refractivity contribution in [3.63, 3.8) is 0 Å². The highest BCUT2D eigenvalue weighted by Crippen LogP contribution is 2.25. The lowest BCUT2D eigenvalue weighted by molar-refractivity contribution is -0.117. The molecule has 2 N–H and O–H groups in total. The Balaban J connectivity index is 1.63. The lowest BCUT2D eigenvalue weighted by atomic mass is 10.2. The molecule has 8 heteroatoms. The van der Waals surface area contributed by atoms with Gasteiger partial charge in [-0.05, 0) is 48.5 Å². The normalized spacial score (nSPS) is 10.9. The third-order valence-electron chi connectivity index (χ3n) is 4.39. The highest BCUT2D eigenvalue weighted by molar-refractivity contribution is 6.05. The molecular formula is C24H24N2O6. The largest absolute Gasteiger partial charge is 0.497 e. The van der Waals surface area contributed by atoms with Crippen molar-refractivity contribution in [2.75, 3.05) is 27.4 Å². The van der Waals surface area contributed by atoms with E-state index in [1.165, 1.54) is 12.3 Å². The van der Waals surface area contributed by atoms with E-state index in [-0.39, 0.29) is 18.8 Å². The van der Waals surface area contributed by atoms with Gasteiger partial charge in [0.15, 0.2) is 11.5 Å². The van der Waals surface area contributed by atoms with Gasteiger partial charge in [0.1, 0.15) is 23.8 Å². The van der Waals surface area contributed by atoms with E-state index in [1.54, 1.807) is 62.8 Å². The second-order valence-electron chi connectivity index (χ2n) is 6.51. The van der Waals surface area contributed by atoms with Crippen molar-refractivity contribution in [3.8, 4) is 17.2 Å². The van der Waals surface area contributed by atoms with Crippen LogP contribution in [0.1, 0.15) is 16.1 Å². The summed E-state index contributed by atoms with van der Waals surface area (Å²) in [5, 5.41) is 5.36. The summed E-state index contributed by atoms with van der Waals surface area (Å²) >= 11 is 0. The summed E-state index contributed by atoms with van der Waals surface area (Å²) in [6.07, 6.45) is 2.94. The number of carbonyl (C=O) groups excluding carboxylic acids is 2. The smallest absolute Gasteiger partial charge is 0.268 e. The first-order chi connectivity index (χ1) is 15.6. The number of benzene rings is 2. The first-order valence-corrected chi connectivity index (χ1v) is 9.85. The first-order valence-electron chi connectivity index (χ1n) is 9.85. The van der Waals surface area contributed by atoms with Crippen LogP contribution in [0.4, 0.5) is 0 Å². The Bertz CT molecular complexity index is 1060. The average Bonchev–Trinajstić information content (AvgIpc) is 3.34. The predicted octanol–water partition coefficient (Wildman–Crippen LogP) is 3.26. The van der Waals surface area contributed by atoms with Gasteiger partial charge < -0.3 is 29.3 Å². The van der Waals surface area contributed by atoms with Gasteiger partial charge in [-0.25, -0.2) is 0 Å². The lowest BCUT2D eigenvalue weighted by Crippen LogP contribution is -2.36. The fraction of sp³-hybridized carbons (Fsp3) is 0.167. The maximum atomic E-state index is 12.7. The molecule has 0 saturated heterocycles. The van der Waals surface area contributed by atoms with Gasteiger partial charge >= 0.3 is 0 Å². The highest BCUT2D eigenvalue weighted by Gasteiger charge is 2.15. The van der Waals surface area contributed by atoms with E-state index in [2.05, 4.69) is 10.6 Å². The maximum absolute atomic E-state index is 12.7. The van der Waals surface area contributed by atoms with Crippen LogP contribution in [0.2, 0.25) is 0 Å². The lowest BCUT2D eigenvalue weighted by Gasteiger charge is -2.13. The Kier molecular flexibility index (Phi) is 7.91. The third kappa shape index (κ3) is 6.15. The summed E-state index contributed by atoms with van der Waals surface area (Å²) in [5.41, 5.74) is 0.418. The van der Waals surface area contributed by atoms with Gasteiger partial charge in [0, 0.05) is 11.6 Å². The molecular weight excluding hydrogens is 412 g/mol. The number of methoxy groups -OCH3 is 2. The molecule has 166 valence electrons. The van der Waals surface area contributed by atoms with E-state index in [9.17, 15) is 9.59 Å². The summed E-state index contributed by atoms with van der Waals surface area (Å²) in [6.45, 7) is 0.428. The molecule has 1 heterocycles. The second-order valence-corrected chi connectivity index (χ2v) is 6.51. The van der Waals surface area contributed by atoms with Crippen LogP contribution in [-0.4, -0.2) is 39.2 Å². The Morgan fingerprint density at radius 2 is 1.69 bits per heavy atom. The molecule has 0 radical (unpaired) electrons. The van der Waals surface area contributed by atoms with Gasteiger partial charge in [0.25, 0.3) is 11.8 Å². The number of para-hydroxylation sites is 2. The van der Waals surface area contributed by atoms with Gasteiger partial charge in [0.2, 0.25) is 0 Å². The number of amides is 2.